The first-order chi connectivity index (χ1) is 15.0. The Bertz CT molecular complexity index is 1280. The van der Waals surface area contributed by atoms with Crippen LogP contribution in [0, 0.1) is 6.92 Å². The Morgan fingerprint density at radius 2 is 1.68 bits per heavy atom. The molecule has 1 atom stereocenters. The number of hydrogen-bond donors (Lipinski definition) is 1. The lowest BCUT2D eigenvalue weighted by Gasteiger charge is -2.23. The molecule has 5 nitrogen and oxygen atoms in total. The second-order valence-corrected chi connectivity index (χ2v) is 7.89. The number of oxazole rings is 1. The molecule has 2 heterocycles. The maximum atomic E-state index is 13.5. The van der Waals surface area contributed by atoms with E-state index in [1.807, 2.05) is 54.6 Å². The fourth-order valence-corrected chi connectivity index (χ4v) is 4.24. The van der Waals surface area contributed by atoms with Crippen LogP contribution in [0.5, 0.6) is 0 Å². The highest BCUT2D eigenvalue weighted by Gasteiger charge is 2.51. The molecule has 0 radical (unpaired) electrons. The van der Waals surface area contributed by atoms with Crippen molar-refractivity contribution in [3.63, 3.8) is 0 Å². The van der Waals surface area contributed by atoms with Crippen molar-refractivity contribution in [3.05, 3.63) is 106 Å². The molecule has 0 saturated carbocycles. The molecule has 3 aromatic carbocycles. The maximum absolute atomic E-state index is 13.5. The summed E-state index contributed by atoms with van der Waals surface area (Å²) in [6.07, 6.45) is 0. The number of aliphatic hydroxyl groups is 1. The van der Waals surface area contributed by atoms with Gasteiger partial charge in [0.05, 0.1) is 22.8 Å². The van der Waals surface area contributed by atoms with Crippen LogP contribution >= 0.6 is 11.6 Å². The molecule has 154 valence electrons. The van der Waals surface area contributed by atoms with Crippen LogP contribution < -0.4 is 4.90 Å². The van der Waals surface area contributed by atoms with Crippen molar-refractivity contribution in [2.45, 2.75) is 19.1 Å². The summed E-state index contributed by atoms with van der Waals surface area (Å²) in [5, 5.41) is 12.1. The number of nitrogens with zero attached hydrogens (tertiary/aromatic N) is 2. The molecule has 1 amide bonds. The molecule has 5 rings (SSSR count). The average molecular weight is 431 g/mol. The van der Waals surface area contributed by atoms with Gasteiger partial charge in [-0.3, -0.25) is 4.79 Å². The summed E-state index contributed by atoms with van der Waals surface area (Å²) >= 11 is 6.29. The molecule has 6 heteroatoms. The summed E-state index contributed by atoms with van der Waals surface area (Å²) in [6, 6.07) is 23.6. The predicted octanol–water partition coefficient (Wildman–Crippen LogP) is 5.09. The minimum Gasteiger partial charge on any atom is -0.441 e. The Balaban J connectivity index is 1.55. The number of amides is 1. The van der Waals surface area contributed by atoms with Crippen LogP contribution in [0.1, 0.15) is 22.6 Å². The zero-order valence-corrected chi connectivity index (χ0v) is 17.5. The molecule has 0 aliphatic carbocycles. The van der Waals surface area contributed by atoms with Crippen molar-refractivity contribution in [1.29, 1.82) is 0 Å². The van der Waals surface area contributed by atoms with Crippen LogP contribution in [0.4, 0.5) is 5.69 Å². The van der Waals surface area contributed by atoms with Gasteiger partial charge in [-0.25, -0.2) is 4.98 Å². The summed E-state index contributed by atoms with van der Waals surface area (Å²) in [4.78, 5) is 19.7. The van der Waals surface area contributed by atoms with Gasteiger partial charge in [0.15, 0.2) is 5.60 Å². The summed E-state index contributed by atoms with van der Waals surface area (Å²) in [6.45, 7) is 1.98. The van der Waals surface area contributed by atoms with Gasteiger partial charge < -0.3 is 14.4 Å². The van der Waals surface area contributed by atoms with E-state index in [4.69, 9.17) is 16.0 Å². The molecule has 1 aliphatic rings. The van der Waals surface area contributed by atoms with Gasteiger partial charge in [-0.15, -0.1) is 0 Å². The number of hydrogen-bond acceptors (Lipinski definition) is 4. The normalized spacial score (nSPS) is 17.8. The van der Waals surface area contributed by atoms with Gasteiger partial charge in [0.2, 0.25) is 5.89 Å². The number of halogens is 1. The first-order valence-electron chi connectivity index (χ1n) is 9.90. The quantitative estimate of drug-likeness (QED) is 0.490. The second-order valence-electron chi connectivity index (χ2n) is 7.49. The summed E-state index contributed by atoms with van der Waals surface area (Å²) in [5.74, 6) is 0.577. The summed E-state index contributed by atoms with van der Waals surface area (Å²) in [7, 11) is 0. The third-order valence-electron chi connectivity index (χ3n) is 5.64. The molecule has 0 fully saturated rings. The molecule has 1 N–H and O–H groups in total. The zero-order valence-electron chi connectivity index (χ0n) is 16.7. The van der Waals surface area contributed by atoms with Crippen LogP contribution in [0.15, 0.2) is 83.3 Å². The van der Waals surface area contributed by atoms with E-state index in [0.29, 0.717) is 44.7 Å². The van der Waals surface area contributed by atoms with E-state index in [0.717, 1.165) is 0 Å². The Hall–Kier alpha value is -3.41. The lowest BCUT2D eigenvalue weighted by molar-refractivity contribution is -0.132. The van der Waals surface area contributed by atoms with Gasteiger partial charge in [-0.05, 0) is 30.7 Å². The monoisotopic (exact) mass is 430 g/mol. The predicted molar refractivity (Wildman–Crippen MR) is 119 cm³/mol. The lowest BCUT2D eigenvalue weighted by atomic mass is 9.88. The first kappa shape index (κ1) is 19.5. The van der Waals surface area contributed by atoms with E-state index < -0.39 is 11.5 Å². The highest BCUT2D eigenvalue weighted by atomic mass is 35.5. The van der Waals surface area contributed by atoms with E-state index in [1.165, 1.54) is 0 Å². The molecular weight excluding hydrogens is 412 g/mol. The number of benzene rings is 3. The number of rotatable bonds is 4. The number of fused-ring (bicyclic) bond motifs is 1. The number of aryl methyl sites for hydroxylation is 1. The minimum atomic E-state index is -1.75. The van der Waals surface area contributed by atoms with E-state index in [1.54, 1.807) is 36.1 Å². The highest BCUT2D eigenvalue weighted by molar-refractivity contribution is 6.33. The molecule has 1 aromatic heterocycles. The fourth-order valence-electron chi connectivity index (χ4n) is 4.02. The number of anilines is 1. The molecule has 1 aliphatic heterocycles. The van der Waals surface area contributed by atoms with Crippen molar-refractivity contribution >= 4 is 23.2 Å². The maximum Gasteiger partial charge on any atom is 0.268 e. The van der Waals surface area contributed by atoms with E-state index in [-0.39, 0.29) is 6.54 Å². The van der Waals surface area contributed by atoms with Gasteiger partial charge in [0.25, 0.3) is 5.91 Å². The zero-order chi connectivity index (χ0) is 21.6. The number of carbonyl (C=O) groups excluding carboxylic acids is 1. The molecular formula is C25H19ClN2O3. The molecule has 0 saturated heterocycles. The highest BCUT2D eigenvalue weighted by Crippen LogP contribution is 2.45. The number of para-hydroxylation sites is 1. The minimum absolute atomic E-state index is 0.171. The Morgan fingerprint density at radius 3 is 2.45 bits per heavy atom. The van der Waals surface area contributed by atoms with Gasteiger partial charge in [-0.1, -0.05) is 72.3 Å². The molecule has 31 heavy (non-hydrogen) atoms. The van der Waals surface area contributed by atoms with Crippen molar-refractivity contribution in [2.24, 2.45) is 0 Å². The topological polar surface area (TPSA) is 66.6 Å². The Labute approximate surface area is 184 Å². The van der Waals surface area contributed by atoms with Crippen molar-refractivity contribution in [1.82, 2.24) is 4.98 Å². The second kappa shape index (κ2) is 7.38. The van der Waals surface area contributed by atoms with Crippen LogP contribution in [0.2, 0.25) is 5.02 Å². The van der Waals surface area contributed by atoms with Crippen molar-refractivity contribution in [2.75, 3.05) is 4.90 Å². The smallest absolute Gasteiger partial charge is 0.268 e. The Kier molecular flexibility index (Phi) is 4.65. The van der Waals surface area contributed by atoms with Crippen LogP contribution in [-0.4, -0.2) is 16.0 Å². The molecule has 0 unspecified atom stereocenters. The molecule has 0 spiro atoms. The fraction of sp³-hybridized carbons (Fsp3) is 0.120. The molecule has 0 bridgehead atoms. The third-order valence-corrected chi connectivity index (χ3v) is 5.97. The lowest BCUT2D eigenvalue weighted by Crippen LogP contribution is -2.41. The largest absolute Gasteiger partial charge is 0.441 e. The third kappa shape index (κ3) is 3.05. The van der Waals surface area contributed by atoms with E-state index >= 15 is 0 Å². The van der Waals surface area contributed by atoms with E-state index in [9.17, 15) is 9.90 Å². The van der Waals surface area contributed by atoms with Crippen LogP contribution in [0.3, 0.4) is 0 Å². The summed E-state index contributed by atoms with van der Waals surface area (Å²) < 4.78 is 5.86. The standard InChI is InChI=1S/C25H19ClN2O3/c1-16-21(27-23(31-16)18-11-5-7-13-20(18)26)15-28-22-14-8-6-12-19(22)25(30,24(28)29)17-9-3-2-4-10-17/h2-14,30H,15H2,1H3/t25-/m0/s1. The van der Waals surface area contributed by atoms with Crippen LogP contribution in [0.25, 0.3) is 11.5 Å². The first-order valence-corrected chi connectivity index (χ1v) is 10.3. The number of carbonyl (C=O) groups is 1. The van der Waals surface area contributed by atoms with Gasteiger partial charge in [-0.2, -0.15) is 0 Å². The number of aromatic nitrogens is 1. The van der Waals surface area contributed by atoms with Gasteiger partial charge in [0, 0.05) is 5.56 Å². The van der Waals surface area contributed by atoms with Crippen molar-refractivity contribution < 1.29 is 14.3 Å². The van der Waals surface area contributed by atoms with Crippen molar-refractivity contribution in [3.8, 4) is 11.5 Å². The molecule has 4 aromatic rings. The van der Waals surface area contributed by atoms with Crippen LogP contribution in [-0.2, 0) is 16.9 Å². The van der Waals surface area contributed by atoms with Gasteiger partial charge in [0.1, 0.15) is 11.5 Å². The van der Waals surface area contributed by atoms with Gasteiger partial charge >= 0.3 is 0 Å². The summed E-state index contributed by atoms with van der Waals surface area (Å²) in [5.41, 5.74) is 1.28. The van der Waals surface area contributed by atoms with E-state index in [2.05, 4.69) is 4.98 Å². The SMILES string of the molecule is Cc1oc(-c2ccccc2Cl)nc1CN1C(=O)[C@](O)(c2ccccc2)c2ccccc21. The Morgan fingerprint density at radius 1 is 1.00 bits per heavy atom. The average Bonchev–Trinajstić information content (AvgIpc) is 3.26.